The van der Waals surface area contributed by atoms with Crippen LogP contribution in [0.4, 0.5) is 0 Å². The van der Waals surface area contributed by atoms with Crippen molar-refractivity contribution < 1.29 is 14.6 Å². The Labute approximate surface area is 418 Å². The molecule has 0 saturated heterocycles. The Bertz CT molecular complexity index is 3280. The molecule has 0 unspecified atom stereocenters. The topological polar surface area (TPSA) is 63.0 Å². The van der Waals surface area contributed by atoms with Crippen LogP contribution in [0.5, 0.6) is 0 Å². The third-order valence-electron chi connectivity index (χ3n) is 14.0. The highest BCUT2D eigenvalue weighted by Crippen LogP contribution is 2.35. The van der Waals surface area contributed by atoms with Gasteiger partial charge in [0.2, 0.25) is 22.8 Å². The predicted molar refractivity (Wildman–Crippen MR) is 292 cm³/mol. The maximum Gasteiger partial charge on any atom is 0.218 e. The minimum atomic E-state index is 0.886. The Morgan fingerprint density at radius 2 is 0.873 bits per heavy atom. The summed E-state index contributed by atoms with van der Waals surface area (Å²) in [5.41, 5.74) is 22.4. The van der Waals surface area contributed by atoms with Gasteiger partial charge in [0.05, 0.1) is 34.0 Å². The van der Waals surface area contributed by atoms with Crippen molar-refractivity contribution in [3.8, 4) is 0 Å². The molecule has 7 nitrogen and oxygen atoms in total. The van der Waals surface area contributed by atoms with Gasteiger partial charge in [-0.1, -0.05) is 102 Å². The quantitative estimate of drug-likeness (QED) is 0.110. The van der Waals surface area contributed by atoms with E-state index in [4.69, 9.17) is 9.98 Å². The molecule has 3 aromatic carbocycles. The zero-order chi connectivity index (χ0) is 48.3. The molecule has 4 aromatic rings. The summed E-state index contributed by atoms with van der Waals surface area (Å²) in [5.74, 6) is 0. The van der Waals surface area contributed by atoms with Gasteiger partial charge in [0.1, 0.15) is 12.1 Å². The van der Waals surface area contributed by atoms with Crippen molar-refractivity contribution in [1.29, 1.82) is 0 Å². The van der Waals surface area contributed by atoms with Crippen molar-refractivity contribution in [2.24, 2.45) is 9.98 Å². The van der Waals surface area contributed by atoms with Gasteiger partial charge in [-0.25, -0.2) is 24.5 Å². The SMILES string of the molecule is Cc1ccc(C2=C3C=CC(=N3)C(c3cc[n+](CCCCCCCN4C=CC(=C5C=CN(C)C=C5)C=C4)cc3)=C3C=CC(=N3)C(c3ccc(C)cc3)=C3C=CC(=[NH+]3)C(c3ccc(C)cc3)=C3C=CC2=[NH+]3)cc1. The number of pyridine rings is 1. The minimum absolute atomic E-state index is 0.886. The van der Waals surface area contributed by atoms with Gasteiger partial charge in [-0.15, -0.1) is 0 Å². The van der Waals surface area contributed by atoms with Crippen LogP contribution >= 0.6 is 0 Å². The molecule has 8 bridgehead atoms. The molecule has 7 heteroatoms. The number of nitrogens with one attached hydrogen (secondary N) is 2. The highest BCUT2D eigenvalue weighted by molar-refractivity contribution is 6.37. The molecule has 1 aromatic heterocycles. The van der Waals surface area contributed by atoms with E-state index in [1.807, 2.05) is 7.05 Å². The number of hydrogen-bond donors (Lipinski definition) is 2. The van der Waals surface area contributed by atoms with Crippen molar-refractivity contribution in [2.45, 2.75) is 59.4 Å². The minimum Gasteiger partial charge on any atom is -0.357 e. The van der Waals surface area contributed by atoms with E-state index >= 15 is 0 Å². The highest BCUT2D eigenvalue weighted by Gasteiger charge is 2.33. The molecular formula is C64H60N7+3. The second-order valence-corrected chi connectivity index (χ2v) is 19.3. The van der Waals surface area contributed by atoms with Crippen molar-refractivity contribution in [3.05, 3.63) is 268 Å². The van der Waals surface area contributed by atoms with Crippen molar-refractivity contribution >= 4 is 45.1 Å². The molecule has 0 fully saturated rings. The van der Waals surface area contributed by atoms with E-state index in [9.17, 15) is 0 Å². The highest BCUT2D eigenvalue weighted by atomic mass is 15.1. The molecule has 0 amide bonds. The molecular weight excluding hydrogens is 867 g/mol. The lowest BCUT2D eigenvalue weighted by molar-refractivity contribution is -0.697. The van der Waals surface area contributed by atoms with E-state index in [1.165, 1.54) is 53.5 Å². The number of hydrogen-bond acceptors (Lipinski definition) is 4. The van der Waals surface area contributed by atoms with Crippen LogP contribution in [0, 0.1) is 20.8 Å². The number of fused-ring (bicyclic) bond motifs is 4. The van der Waals surface area contributed by atoms with E-state index in [0.717, 1.165) is 110 Å². The predicted octanol–water partition coefficient (Wildman–Crippen LogP) is 9.63. The number of aliphatic imine (C=N–C) groups is 2. The Hall–Kier alpha value is -8.29. The second-order valence-electron chi connectivity index (χ2n) is 19.3. The van der Waals surface area contributed by atoms with Crippen LogP contribution in [0.2, 0.25) is 0 Å². The average Bonchev–Trinajstić information content (AvgIpc) is 4.25. The maximum absolute atomic E-state index is 5.51. The number of rotatable bonds is 12. The van der Waals surface area contributed by atoms with Crippen molar-refractivity contribution in [2.75, 3.05) is 13.6 Å². The van der Waals surface area contributed by atoms with Gasteiger partial charge in [-0.05, 0) is 116 Å². The van der Waals surface area contributed by atoms with E-state index in [1.54, 1.807) is 0 Å². The second kappa shape index (κ2) is 20.0. The van der Waals surface area contributed by atoms with Gasteiger partial charge in [0, 0.05) is 86.8 Å². The normalized spacial score (nSPS) is 17.8. The van der Waals surface area contributed by atoms with Gasteiger partial charge >= 0.3 is 0 Å². The summed E-state index contributed by atoms with van der Waals surface area (Å²) in [4.78, 5) is 23.2. The van der Waals surface area contributed by atoms with Crippen molar-refractivity contribution in [1.82, 2.24) is 9.80 Å². The molecule has 7 aliphatic rings. The Balaban J connectivity index is 0.895. The largest absolute Gasteiger partial charge is 0.357 e. The Kier molecular flexibility index (Phi) is 12.7. The van der Waals surface area contributed by atoms with Crippen LogP contribution in [0.3, 0.4) is 0 Å². The summed E-state index contributed by atoms with van der Waals surface area (Å²) in [5, 5.41) is 0. The van der Waals surface area contributed by atoms with E-state index < -0.39 is 0 Å². The first-order chi connectivity index (χ1) is 34.8. The molecule has 7 aliphatic heterocycles. The fraction of sp³-hybridized carbons (Fsp3) is 0.172. The molecule has 0 saturated carbocycles. The molecule has 71 heavy (non-hydrogen) atoms. The Morgan fingerprint density at radius 3 is 1.46 bits per heavy atom. The third kappa shape index (κ3) is 9.82. The van der Waals surface area contributed by atoms with Crippen molar-refractivity contribution in [3.63, 3.8) is 0 Å². The summed E-state index contributed by atoms with van der Waals surface area (Å²) in [6.07, 6.45) is 45.3. The molecule has 11 rings (SSSR count). The number of unbranched alkanes of at least 4 members (excludes halogenated alkanes) is 4. The zero-order valence-corrected chi connectivity index (χ0v) is 41.2. The lowest BCUT2D eigenvalue weighted by Gasteiger charge is -2.20. The monoisotopic (exact) mass is 926 g/mol. The maximum atomic E-state index is 5.51. The molecule has 0 aliphatic carbocycles. The van der Waals surface area contributed by atoms with Crippen LogP contribution in [0.15, 0.2) is 239 Å². The van der Waals surface area contributed by atoms with Gasteiger partial charge in [0.25, 0.3) is 0 Å². The molecule has 348 valence electrons. The summed E-state index contributed by atoms with van der Waals surface area (Å²) in [6, 6.07) is 30.8. The number of nitrogens with zero attached hydrogens (tertiary/aromatic N) is 5. The first-order valence-corrected chi connectivity index (χ1v) is 25.1. The molecule has 8 heterocycles. The number of aryl methyl sites for hydroxylation is 4. The van der Waals surface area contributed by atoms with E-state index in [2.05, 4.69) is 240 Å². The number of benzene rings is 3. The smallest absolute Gasteiger partial charge is 0.218 e. The lowest BCUT2D eigenvalue weighted by atomic mass is 9.97. The number of aromatic nitrogens is 1. The summed E-state index contributed by atoms with van der Waals surface area (Å²) in [7, 11) is 2.05. The van der Waals surface area contributed by atoms with E-state index in [-0.39, 0.29) is 0 Å². The Morgan fingerprint density at radius 1 is 0.423 bits per heavy atom. The molecule has 2 N–H and O–H groups in total. The van der Waals surface area contributed by atoms with Crippen LogP contribution in [-0.2, 0) is 6.54 Å². The average molecular weight is 927 g/mol. The third-order valence-corrected chi connectivity index (χ3v) is 14.0. The van der Waals surface area contributed by atoms with Crippen LogP contribution in [0.25, 0.3) is 22.3 Å². The van der Waals surface area contributed by atoms with Gasteiger partial charge in [-0.2, -0.15) is 0 Å². The zero-order valence-electron chi connectivity index (χ0n) is 41.2. The van der Waals surface area contributed by atoms with Crippen LogP contribution in [-0.4, -0.2) is 46.2 Å². The summed E-state index contributed by atoms with van der Waals surface area (Å²) in [6.45, 7) is 8.42. The number of allylic oxidation sites excluding steroid dienone is 18. The van der Waals surface area contributed by atoms with Gasteiger partial charge < -0.3 is 9.80 Å². The fourth-order valence-corrected chi connectivity index (χ4v) is 9.97. The van der Waals surface area contributed by atoms with Gasteiger partial charge in [0.15, 0.2) is 12.4 Å². The van der Waals surface area contributed by atoms with Crippen LogP contribution < -0.4 is 14.6 Å². The first-order valence-electron chi connectivity index (χ1n) is 25.1. The molecule has 0 spiro atoms. The van der Waals surface area contributed by atoms with Gasteiger partial charge in [-0.3, -0.25) is 0 Å². The summed E-state index contributed by atoms with van der Waals surface area (Å²) < 4.78 is 2.32. The molecule has 0 radical (unpaired) electrons. The fourth-order valence-electron chi connectivity index (χ4n) is 9.97. The van der Waals surface area contributed by atoms with Crippen LogP contribution in [0.1, 0.15) is 71.0 Å². The standard InChI is InChI=1S/C64H58N7/c1-44-10-16-49(17-11-44)61-53-22-24-55(65-53)62(50-18-12-45(2)13-19-50)57-26-28-59(67-57)64(60-29-27-58(68-60)63(56-25-23-54(61)66-56)51-20-14-46(3)15-21-51)52-34-42-71(43-35-52)37-9-7-5-6-8-36-70-40-32-48(33-41-70)47-30-38-69(4)39-31-47/h10-35,38-43H,5-9,36-37H2,1-4H3/q+1/p+2. The first kappa shape index (κ1) is 45.2. The molecule has 0 atom stereocenters. The lowest BCUT2D eigenvalue weighted by Crippen LogP contribution is -2.71. The summed E-state index contributed by atoms with van der Waals surface area (Å²) >= 11 is 0. The van der Waals surface area contributed by atoms with E-state index in [0.29, 0.717) is 0 Å².